The number of hydrogen-bond donors (Lipinski definition) is 3. The molecule has 1 aromatic heterocycles. The summed E-state index contributed by atoms with van der Waals surface area (Å²) in [4.78, 5) is 36.9. The fourth-order valence-electron chi connectivity index (χ4n) is 3.44. The molecule has 9 nitrogen and oxygen atoms in total. The zero-order chi connectivity index (χ0) is 25.5. The predicted octanol–water partition coefficient (Wildman–Crippen LogP) is 3.81. The second kappa shape index (κ2) is 11.2. The summed E-state index contributed by atoms with van der Waals surface area (Å²) in [5.41, 5.74) is 10.8. The maximum atomic E-state index is 12.9. The van der Waals surface area contributed by atoms with E-state index in [0.29, 0.717) is 27.0 Å². The van der Waals surface area contributed by atoms with E-state index < -0.39 is 11.8 Å². The smallest absolute Gasteiger partial charge is 0.273 e. The van der Waals surface area contributed by atoms with Crippen molar-refractivity contribution in [3.63, 3.8) is 0 Å². The molecule has 10 heteroatoms. The lowest BCUT2D eigenvalue weighted by atomic mass is 10.1. The third-order valence-corrected chi connectivity index (χ3v) is 5.75. The zero-order valence-electron chi connectivity index (χ0n) is 18.9. The third-order valence-electron chi connectivity index (χ3n) is 5.06. The van der Waals surface area contributed by atoms with E-state index in [1.165, 1.54) is 10.9 Å². The van der Waals surface area contributed by atoms with Gasteiger partial charge in [0.15, 0.2) is 0 Å². The van der Waals surface area contributed by atoms with Crippen molar-refractivity contribution in [2.75, 3.05) is 5.32 Å². The quantitative estimate of drug-likeness (QED) is 0.230. The Kier molecular flexibility index (Phi) is 7.66. The highest BCUT2D eigenvalue weighted by molar-refractivity contribution is 9.10. The number of nitrogens with one attached hydrogen (secondary N) is 2. The molecule has 0 radical (unpaired) electrons. The number of benzene rings is 3. The van der Waals surface area contributed by atoms with Crippen LogP contribution in [-0.4, -0.2) is 33.7 Å². The van der Waals surface area contributed by atoms with Crippen molar-refractivity contribution in [3.8, 4) is 11.3 Å². The number of primary amides is 1. The van der Waals surface area contributed by atoms with Gasteiger partial charge >= 0.3 is 0 Å². The number of hydrogen-bond acceptors (Lipinski definition) is 5. The summed E-state index contributed by atoms with van der Waals surface area (Å²) in [6.07, 6.45) is 3.06. The SMILES string of the molecule is NC(=O)Cn1cc(C=NNC(=O)c2ccccc2NC(=O)c2ccccc2Br)c(-c2ccccc2)n1. The van der Waals surface area contributed by atoms with E-state index in [9.17, 15) is 14.4 Å². The predicted molar refractivity (Wildman–Crippen MR) is 140 cm³/mol. The first kappa shape index (κ1) is 24.6. The fraction of sp³-hybridized carbons (Fsp3) is 0.0385. The average molecular weight is 545 g/mol. The molecule has 0 unspecified atom stereocenters. The number of rotatable bonds is 8. The topological polar surface area (TPSA) is 131 Å². The van der Waals surface area contributed by atoms with Gasteiger partial charge < -0.3 is 11.1 Å². The average Bonchev–Trinajstić information content (AvgIpc) is 3.26. The normalized spacial score (nSPS) is 10.8. The third kappa shape index (κ3) is 5.91. The molecule has 0 aliphatic carbocycles. The highest BCUT2D eigenvalue weighted by Crippen LogP contribution is 2.22. The van der Waals surface area contributed by atoms with E-state index >= 15 is 0 Å². The molecule has 4 rings (SSSR count). The number of nitrogens with two attached hydrogens (primary N) is 1. The zero-order valence-corrected chi connectivity index (χ0v) is 20.5. The van der Waals surface area contributed by atoms with Gasteiger partial charge in [-0.3, -0.25) is 19.1 Å². The Morgan fingerprint density at radius 2 is 1.58 bits per heavy atom. The number of carbonyl (C=O) groups excluding carboxylic acids is 3. The Labute approximate surface area is 215 Å². The minimum Gasteiger partial charge on any atom is -0.368 e. The van der Waals surface area contributed by atoms with Crippen LogP contribution in [0.5, 0.6) is 0 Å². The second-order valence-electron chi connectivity index (χ2n) is 7.64. The molecule has 0 bridgehead atoms. The van der Waals surface area contributed by atoms with Gasteiger partial charge in [0.25, 0.3) is 11.8 Å². The van der Waals surface area contributed by atoms with Crippen LogP contribution in [0.2, 0.25) is 0 Å². The number of hydrazone groups is 1. The van der Waals surface area contributed by atoms with Crippen molar-refractivity contribution in [3.05, 3.63) is 106 Å². The van der Waals surface area contributed by atoms with Crippen molar-refractivity contribution in [1.29, 1.82) is 0 Å². The van der Waals surface area contributed by atoms with Crippen LogP contribution in [0.4, 0.5) is 5.69 Å². The Morgan fingerprint density at radius 1 is 0.917 bits per heavy atom. The van der Waals surface area contributed by atoms with Crippen molar-refractivity contribution >= 4 is 45.6 Å². The number of aromatic nitrogens is 2. The summed E-state index contributed by atoms with van der Waals surface area (Å²) in [6.45, 7) is -0.0926. The van der Waals surface area contributed by atoms with Crippen molar-refractivity contribution in [2.45, 2.75) is 6.54 Å². The van der Waals surface area contributed by atoms with Crippen molar-refractivity contribution in [1.82, 2.24) is 15.2 Å². The van der Waals surface area contributed by atoms with E-state index in [1.54, 1.807) is 54.7 Å². The van der Waals surface area contributed by atoms with Crippen LogP contribution in [0.15, 0.2) is 94.6 Å². The second-order valence-corrected chi connectivity index (χ2v) is 8.50. The number of halogens is 1. The molecule has 0 aliphatic heterocycles. The molecule has 0 saturated heterocycles. The molecule has 3 aromatic carbocycles. The van der Waals surface area contributed by atoms with Crippen LogP contribution in [-0.2, 0) is 11.3 Å². The van der Waals surface area contributed by atoms with Gasteiger partial charge in [0.05, 0.1) is 23.0 Å². The minimum atomic E-state index is -0.532. The van der Waals surface area contributed by atoms with Crippen molar-refractivity contribution < 1.29 is 14.4 Å². The van der Waals surface area contributed by atoms with Gasteiger partial charge in [-0.05, 0) is 40.2 Å². The molecule has 0 atom stereocenters. The van der Waals surface area contributed by atoms with Crippen LogP contribution in [0.25, 0.3) is 11.3 Å². The number of para-hydroxylation sites is 1. The molecule has 4 N–H and O–H groups in total. The van der Waals surface area contributed by atoms with Gasteiger partial charge in [-0.15, -0.1) is 0 Å². The van der Waals surface area contributed by atoms with Gasteiger partial charge in [0.2, 0.25) is 5.91 Å². The molecule has 1 heterocycles. The molecule has 180 valence electrons. The Morgan fingerprint density at radius 3 is 2.31 bits per heavy atom. The van der Waals surface area contributed by atoms with E-state index in [2.05, 4.69) is 36.9 Å². The standard InChI is InChI=1S/C26H21BrN6O3/c27-21-12-6-4-10-19(21)25(35)30-22-13-7-5-11-20(22)26(36)31-29-14-18-15-33(16-23(28)34)32-24(18)17-8-2-1-3-9-17/h1-15H,16H2,(H2,28,34)(H,30,35)(H,31,36). The monoisotopic (exact) mass is 544 g/mol. The van der Waals surface area contributed by atoms with Crippen LogP contribution >= 0.6 is 15.9 Å². The molecule has 3 amide bonds. The highest BCUT2D eigenvalue weighted by atomic mass is 79.9. The number of nitrogens with zero attached hydrogens (tertiary/aromatic N) is 3. The molecule has 0 fully saturated rings. The molecule has 36 heavy (non-hydrogen) atoms. The molecule has 4 aromatic rings. The van der Waals surface area contributed by atoms with Gasteiger partial charge in [-0.1, -0.05) is 54.6 Å². The van der Waals surface area contributed by atoms with E-state index in [1.807, 2.05) is 30.3 Å². The molecular weight excluding hydrogens is 524 g/mol. The van der Waals surface area contributed by atoms with Gasteiger partial charge in [-0.2, -0.15) is 10.2 Å². The number of amides is 3. The maximum Gasteiger partial charge on any atom is 0.273 e. The van der Waals surface area contributed by atoms with E-state index in [0.717, 1.165) is 5.56 Å². The van der Waals surface area contributed by atoms with E-state index in [4.69, 9.17) is 5.73 Å². The van der Waals surface area contributed by atoms with Crippen molar-refractivity contribution in [2.24, 2.45) is 10.8 Å². The van der Waals surface area contributed by atoms with Gasteiger partial charge in [0, 0.05) is 21.8 Å². The first-order valence-corrected chi connectivity index (χ1v) is 11.6. The molecule has 0 spiro atoms. The highest BCUT2D eigenvalue weighted by Gasteiger charge is 2.16. The lowest BCUT2D eigenvalue weighted by Crippen LogP contribution is -2.21. The maximum absolute atomic E-state index is 12.9. The molecule has 0 aliphatic rings. The summed E-state index contributed by atoms with van der Waals surface area (Å²) in [5, 5.41) is 11.3. The molecule has 0 saturated carbocycles. The summed E-state index contributed by atoms with van der Waals surface area (Å²) >= 11 is 3.36. The number of carbonyl (C=O) groups is 3. The van der Waals surface area contributed by atoms with Crippen LogP contribution < -0.4 is 16.5 Å². The summed E-state index contributed by atoms with van der Waals surface area (Å²) in [6, 6.07) is 23.0. The summed E-state index contributed by atoms with van der Waals surface area (Å²) in [7, 11) is 0. The summed E-state index contributed by atoms with van der Waals surface area (Å²) in [5.74, 6) is -1.41. The van der Waals surface area contributed by atoms with Gasteiger partial charge in [0.1, 0.15) is 12.2 Å². The van der Waals surface area contributed by atoms with Gasteiger partial charge in [-0.25, -0.2) is 5.43 Å². The lowest BCUT2D eigenvalue weighted by Gasteiger charge is -2.10. The van der Waals surface area contributed by atoms with E-state index in [-0.39, 0.29) is 18.0 Å². The largest absolute Gasteiger partial charge is 0.368 e. The van der Waals surface area contributed by atoms with Crippen LogP contribution in [0, 0.1) is 0 Å². The first-order valence-electron chi connectivity index (χ1n) is 10.8. The molecular formula is C26H21BrN6O3. The minimum absolute atomic E-state index is 0.0926. The number of anilines is 1. The Hall–Kier alpha value is -4.57. The lowest BCUT2D eigenvalue weighted by molar-refractivity contribution is -0.118. The fourth-order valence-corrected chi connectivity index (χ4v) is 3.90. The Bertz CT molecular complexity index is 1450. The first-order chi connectivity index (χ1) is 17.4. The van der Waals surface area contributed by atoms with Crippen LogP contribution in [0.3, 0.4) is 0 Å². The summed E-state index contributed by atoms with van der Waals surface area (Å²) < 4.78 is 2.06. The van der Waals surface area contributed by atoms with Crippen LogP contribution in [0.1, 0.15) is 26.3 Å². The Balaban J connectivity index is 1.53.